The quantitative estimate of drug-likeness (QED) is 0.193. The first kappa shape index (κ1) is 31.8. The van der Waals surface area contributed by atoms with Crippen molar-refractivity contribution in [2.45, 2.75) is 78.0 Å². The monoisotopic (exact) mass is 613 g/mol. The molecule has 0 radical (unpaired) electrons. The van der Waals surface area contributed by atoms with Gasteiger partial charge in [0.25, 0.3) is 0 Å². The smallest absolute Gasteiger partial charge is 0.410 e. The van der Waals surface area contributed by atoms with Crippen LogP contribution in [-0.2, 0) is 22.5 Å². The maximum Gasteiger partial charge on any atom is 0.410 e. The lowest BCUT2D eigenvalue weighted by Gasteiger charge is -2.34. The number of hydrogen-bond donors (Lipinski definition) is 1. The summed E-state index contributed by atoms with van der Waals surface area (Å²) in [6.07, 6.45) is 4.98. The van der Waals surface area contributed by atoms with Crippen LogP contribution >= 0.6 is 0 Å². The van der Waals surface area contributed by atoms with E-state index in [9.17, 15) is 9.59 Å². The highest BCUT2D eigenvalue weighted by molar-refractivity contribution is 5.93. The second-order valence-electron chi connectivity index (χ2n) is 12.5. The minimum absolute atomic E-state index is 0.0354. The molecule has 1 atom stereocenters. The van der Waals surface area contributed by atoms with E-state index in [0.29, 0.717) is 55.4 Å². The largest absolute Gasteiger partial charge is 0.497 e. The van der Waals surface area contributed by atoms with Crippen LogP contribution in [0, 0.1) is 0 Å². The van der Waals surface area contributed by atoms with Gasteiger partial charge in [-0.3, -0.25) is 4.79 Å². The van der Waals surface area contributed by atoms with Gasteiger partial charge in [-0.15, -0.1) is 0 Å². The van der Waals surface area contributed by atoms with Gasteiger partial charge in [0.05, 0.1) is 13.7 Å². The highest BCUT2D eigenvalue weighted by Gasteiger charge is 2.29. The van der Waals surface area contributed by atoms with Crippen LogP contribution in [0.5, 0.6) is 17.2 Å². The van der Waals surface area contributed by atoms with Crippen molar-refractivity contribution < 1.29 is 23.8 Å². The number of nitrogens with zero attached hydrogens (tertiary/aromatic N) is 4. The Labute approximate surface area is 264 Å². The number of rotatable bonds is 11. The average molecular weight is 614 g/mol. The van der Waals surface area contributed by atoms with E-state index < -0.39 is 5.60 Å². The normalized spacial score (nSPS) is 15.1. The van der Waals surface area contributed by atoms with Crippen molar-refractivity contribution in [3.8, 4) is 17.2 Å². The summed E-state index contributed by atoms with van der Waals surface area (Å²) in [4.78, 5) is 31.4. The molecular formula is C35H43N5O5. The maximum atomic E-state index is 12.8. The fraction of sp³-hybridized carbons (Fsp3) is 0.429. The van der Waals surface area contributed by atoms with Gasteiger partial charge in [0.2, 0.25) is 0 Å². The third-order valence-electron chi connectivity index (χ3n) is 7.58. The molecule has 0 bridgehead atoms. The molecule has 4 aromatic rings. The second-order valence-corrected chi connectivity index (χ2v) is 12.5. The van der Waals surface area contributed by atoms with E-state index in [4.69, 9.17) is 24.3 Å². The molecule has 2 aromatic carbocycles. The minimum Gasteiger partial charge on any atom is -0.497 e. The number of likely N-dealkylation sites (tertiary alicyclic amines) is 1. The van der Waals surface area contributed by atoms with E-state index >= 15 is 0 Å². The number of fused-ring (bicyclic) bond motifs is 1. The summed E-state index contributed by atoms with van der Waals surface area (Å²) in [6, 6.07) is 17.3. The lowest BCUT2D eigenvalue weighted by Crippen LogP contribution is -2.47. The van der Waals surface area contributed by atoms with Crippen LogP contribution in [0.3, 0.4) is 0 Å². The third-order valence-corrected chi connectivity index (χ3v) is 7.58. The van der Waals surface area contributed by atoms with Gasteiger partial charge in [0, 0.05) is 44.2 Å². The first-order chi connectivity index (χ1) is 21.6. The number of carbonyl (C=O) groups is 2. The highest BCUT2D eigenvalue weighted by Crippen LogP contribution is 2.35. The van der Waals surface area contributed by atoms with Crippen molar-refractivity contribution in [3.63, 3.8) is 0 Å². The van der Waals surface area contributed by atoms with Crippen LogP contribution < -0.4 is 14.8 Å². The van der Waals surface area contributed by atoms with Crippen LogP contribution in [0.25, 0.3) is 11.0 Å². The Hall–Kier alpha value is -4.60. The Morgan fingerprint density at radius 2 is 1.71 bits per heavy atom. The molecule has 1 saturated heterocycles. The molecule has 238 valence electrons. The topological polar surface area (TPSA) is 108 Å². The zero-order valence-corrected chi connectivity index (χ0v) is 26.8. The highest BCUT2D eigenvalue weighted by atomic mass is 16.6. The standard InChI is InChI=1S/C35H43N5O5/c1-6-8-27(41)21-24-10-16-29(17-11-24)44-30-18-19-36-33-31(30)32(38-40(33)22-25-12-14-28(43-5)15-13-25)37-26-9-7-20-39(23-26)34(42)45-35(2,3)4/h10-19,26H,6-9,20-23H2,1-5H3,(H,37,38)/t26-/m1/s1. The van der Waals surface area contributed by atoms with Gasteiger partial charge in [0.15, 0.2) is 11.5 Å². The number of carbonyl (C=O) groups excluding carboxylic acids is 2. The zero-order valence-electron chi connectivity index (χ0n) is 26.8. The number of piperidine rings is 1. The first-order valence-electron chi connectivity index (χ1n) is 15.6. The molecule has 1 aliphatic rings. The average Bonchev–Trinajstić information content (AvgIpc) is 3.35. The summed E-state index contributed by atoms with van der Waals surface area (Å²) in [6.45, 7) is 9.28. The second kappa shape index (κ2) is 14.0. The first-order valence-corrected chi connectivity index (χ1v) is 15.6. The summed E-state index contributed by atoms with van der Waals surface area (Å²) in [5, 5.41) is 9.34. The van der Waals surface area contributed by atoms with Gasteiger partial charge in [-0.2, -0.15) is 5.10 Å². The van der Waals surface area contributed by atoms with Gasteiger partial charge in [-0.05, 0) is 75.4 Å². The molecule has 1 N–H and O–H groups in total. The summed E-state index contributed by atoms with van der Waals surface area (Å²) in [5.41, 5.74) is 2.12. The molecule has 1 amide bonds. The summed E-state index contributed by atoms with van der Waals surface area (Å²) >= 11 is 0. The van der Waals surface area contributed by atoms with Gasteiger partial charge < -0.3 is 24.4 Å². The number of pyridine rings is 1. The predicted octanol–water partition coefficient (Wildman–Crippen LogP) is 7.00. The van der Waals surface area contributed by atoms with E-state index in [1.165, 1.54) is 0 Å². The Kier molecular flexibility index (Phi) is 9.90. The molecule has 0 unspecified atom stereocenters. The molecule has 1 aliphatic heterocycles. The Morgan fingerprint density at radius 1 is 1.00 bits per heavy atom. The van der Waals surface area contributed by atoms with Gasteiger partial charge in [-0.1, -0.05) is 31.2 Å². The molecule has 0 saturated carbocycles. The number of ketones is 1. The molecule has 5 rings (SSSR count). The molecule has 3 heterocycles. The number of anilines is 1. The summed E-state index contributed by atoms with van der Waals surface area (Å²) < 4.78 is 19.2. The number of nitrogens with one attached hydrogen (secondary N) is 1. The van der Waals surface area contributed by atoms with Crippen LogP contribution in [0.1, 0.15) is 64.5 Å². The number of aromatic nitrogens is 3. The van der Waals surface area contributed by atoms with E-state index in [2.05, 4.69) is 5.32 Å². The molecule has 2 aromatic heterocycles. The van der Waals surface area contributed by atoms with Crippen LogP contribution in [0.2, 0.25) is 0 Å². The van der Waals surface area contributed by atoms with Crippen molar-refractivity contribution in [1.29, 1.82) is 0 Å². The minimum atomic E-state index is -0.560. The SMILES string of the molecule is CCCC(=O)Cc1ccc(Oc2ccnc3c2c(N[C@@H]2CCCN(C(=O)OC(C)(C)C)C2)nn3Cc2ccc(OC)cc2)cc1. The molecule has 10 heteroatoms. The van der Waals surface area contributed by atoms with Crippen LogP contribution in [0.15, 0.2) is 60.8 Å². The molecule has 45 heavy (non-hydrogen) atoms. The van der Waals surface area contributed by atoms with Crippen molar-refractivity contribution in [2.24, 2.45) is 0 Å². The van der Waals surface area contributed by atoms with E-state index in [0.717, 1.165) is 41.5 Å². The number of ether oxygens (including phenoxy) is 3. The van der Waals surface area contributed by atoms with Gasteiger partial charge in [-0.25, -0.2) is 14.5 Å². The molecular weight excluding hydrogens is 570 g/mol. The van der Waals surface area contributed by atoms with E-state index in [-0.39, 0.29) is 17.9 Å². The summed E-state index contributed by atoms with van der Waals surface area (Å²) in [5.74, 6) is 2.91. The Morgan fingerprint density at radius 3 is 2.40 bits per heavy atom. The molecule has 10 nitrogen and oxygen atoms in total. The number of methoxy groups -OCH3 is 1. The Bertz CT molecular complexity index is 1610. The fourth-order valence-corrected chi connectivity index (χ4v) is 5.45. The van der Waals surface area contributed by atoms with Gasteiger partial charge in [0.1, 0.15) is 34.0 Å². The van der Waals surface area contributed by atoms with E-state index in [1.807, 2.05) is 87.0 Å². The number of hydrogen-bond acceptors (Lipinski definition) is 8. The van der Waals surface area contributed by atoms with Gasteiger partial charge >= 0.3 is 6.09 Å². The summed E-state index contributed by atoms with van der Waals surface area (Å²) in [7, 11) is 1.65. The molecule has 0 spiro atoms. The third kappa shape index (κ3) is 8.32. The lowest BCUT2D eigenvalue weighted by molar-refractivity contribution is -0.118. The Balaban J connectivity index is 1.43. The molecule has 0 aliphatic carbocycles. The maximum absolute atomic E-state index is 12.8. The lowest BCUT2D eigenvalue weighted by atomic mass is 10.1. The number of benzene rings is 2. The fourth-order valence-electron chi connectivity index (χ4n) is 5.45. The number of Topliss-reactive ketones (excluding diaryl/α,β-unsaturated/α-hetero) is 1. The van der Waals surface area contributed by atoms with Crippen molar-refractivity contribution in [2.75, 3.05) is 25.5 Å². The van der Waals surface area contributed by atoms with Crippen LogP contribution in [-0.4, -0.2) is 63.4 Å². The van der Waals surface area contributed by atoms with E-state index in [1.54, 1.807) is 18.2 Å². The van der Waals surface area contributed by atoms with Crippen LogP contribution in [0.4, 0.5) is 10.6 Å². The van der Waals surface area contributed by atoms with Crippen molar-refractivity contribution in [3.05, 3.63) is 71.9 Å². The number of amides is 1. The van der Waals surface area contributed by atoms with Crippen molar-refractivity contribution >= 4 is 28.7 Å². The zero-order chi connectivity index (χ0) is 32.0. The predicted molar refractivity (Wildman–Crippen MR) is 174 cm³/mol. The van der Waals surface area contributed by atoms with Crippen molar-refractivity contribution in [1.82, 2.24) is 19.7 Å². The molecule has 1 fully saturated rings.